The van der Waals surface area contributed by atoms with Crippen molar-refractivity contribution in [3.63, 3.8) is 0 Å². The molecule has 1 fully saturated rings. The Bertz CT molecular complexity index is 683. The topological polar surface area (TPSA) is 38.2 Å². The molecule has 2 aliphatic rings. The molecule has 1 saturated heterocycles. The molecule has 0 N–H and O–H groups in total. The van der Waals surface area contributed by atoms with Gasteiger partial charge in [-0.25, -0.2) is 9.97 Å². The molecule has 2 aromatic rings. The van der Waals surface area contributed by atoms with Crippen LogP contribution < -0.4 is 4.74 Å². The van der Waals surface area contributed by atoms with Crippen molar-refractivity contribution in [2.75, 3.05) is 7.11 Å². The molecule has 4 nitrogen and oxygen atoms in total. The van der Waals surface area contributed by atoms with Gasteiger partial charge in [-0.2, -0.15) is 0 Å². The molecule has 0 radical (unpaired) electrons. The number of fused-ring (bicyclic) bond motifs is 4. The number of rotatable bonds is 3. The zero-order valence-electron chi connectivity index (χ0n) is 13.1. The van der Waals surface area contributed by atoms with Gasteiger partial charge >= 0.3 is 0 Å². The summed E-state index contributed by atoms with van der Waals surface area (Å²) >= 11 is 0. The number of hydrogen-bond donors (Lipinski definition) is 0. The van der Waals surface area contributed by atoms with Gasteiger partial charge in [-0.1, -0.05) is 12.1 Å². The summed E-state index contributed by atoms with van der Waals surface area (Å²) in [5.74, 6) is 1.81. The molecule has 0 unspecified atom stereocenters. The van der Waals surface area contributed by atoms with E-state index >= 15 is 0 Å². The van der Waals surface area contributed by atoms with Crippen LogP contribution in [0.5, 0.6) is 5.75 Å². The smallest absolute Gasteiger partial charge is 0.125 e. The molecule has 1 aromatic carbocycles. The number of ether oxygens (including phenoxy) is 1. The van der Waals surface area contributed by atoms with E-state index in [0.717, 1.165) is 24.5 Å². The molecule has 4 heteroatoms. The van der Waals surface area contributed by atoms with Crippen molar-refractivity contribution in [1.29, 1.82) is 0 Å². The van der Waals surface area contributed by atoms with Crippen LogP contribution in [0.15, 0.2) is 30.5 Å². The molecule has 0 saturated carbocycles. The first-order valence-electron chi connectivity index (χ1n) is 7.95. The third-order valence-electron chi connectivity index (χ3n) is 4.98. The minimum Gasteiger partial charge on any atom is -0.497 e. The second kappa shape index (κ2) is 5.36. The summed E-state index contributed by atoms with van der Waals surface area (Å²) in [6.07, 6.45) is 5.59. The van der Waals surface area contributed by atoms with E-state index < -0.39 is 0 Å². The predicted molar refractivity (Wildman–Crippen MR) is 84.8 cm³/mol. The Morgan fingerprint density at radius 3 is 2.82 bits per heavy atom. The van der Waals surface area contributed by atoms with Gasteiger partial charge in [0.2, 0.25) is 0 Å². The summed E-state index contributed by atoms with van der Waals surface area (Å²) in [6, 6.07) is 9.52. The summed E-state index contributed by atoms with van der Waals surface area (Å²) in [4.78, 5) is 11.7. The molecular formula is C18H21N3O. The molecule has 0 amide bonds. The van der Waals surface area contributed by atoms with Gasteiger partial charge in [-0.15, -0.1) is 0 Å². The van der Waals surface area contributed by atoms with Crippen molar-refractivity contribution < 1.29 is 4.74 Å². The van der Waals surface area contributed by atoms with Gasteiger partial charge < -0.3 is 4.74 Å². The third kappa shape index (κ3) is 2.28. The molecule has 0 aliphatic carbocycles. The second-order valence-electron chi connectivity index (χ2n) is 6.29. The summed E-state index contributed by atoms with van der Waals surface area (Å²) in [7, 11) is 1.71. The Balaban J connectivity index is 1.59. The highest BCUT2D eigenvalue weighted by atomic mass is 16.5. The van der Waals surface area contributed by atoms with Crippen LogP contribution in [0.3, 0.4) is 0 Å². The average Bonchev–Trinajstić information content (AvgIpc) is 2.81. The molecule has 4 rings (SSSR count). The Hall–Kier alpha value is -1.94. The van der Waals surface area contributed by atoms with Gasteiger partial charge in [0.05, 0.1) is 12.8 Å². The van der Waals surface area contributed by atoms with E-state index in [4.69, 9.17) is 4.74 Å². The highest BCUT2D eigenvalue weighted by molar-refractivity contribution is 5.31. The maximum atomic E-state index is 5.24. The van der Waals surface area contributed by atoms with Crippen molar-refractivity contribution in [1.82, 2.24) is 14.9 Å². The number of nitrogens with zero attached hydrogens (tertiary/aromatic N) is 3. The molecule has 22 heavy (non-hydrogen) atoms. The molecule has 114 valence electrons. The fraction of sp³-hybridized carbons (Fsp3) is 0.444. The Morgan fingerprint density at radius 2 is 2.05 bits per heavy atom. The van der Waals surface area contributed by atoms with E-state index in [2.05, 4.69) is 27.0 Å². The monoisotopic (exact) mass is 295 g/mol. The highest BCUT2D eigenvalue weighted by Crippen LogP contribution is 2.43. The zero-order chi connectivity index (χ0) is 15.1. The molecule has 2 bridgehead atoms. The van der Waals surface area contributed by atoms with E-state index in [1.807, 2.05) is 25.3 Å². The zero-order valence-corrected chi connectivity index (χ0v) is 13.1. The van der Waals surface area contributed by atoms with Gasteiger partial charge in [0.25, 0.3) is 0 Å². The van der Waals surface area contributed by atoms with E-state index in [9.17, 15) is 0 Å². The minimum atomic E-state index is 0.483. The SMILES string of the molecule is COc1ccc(CN2[C@@H]3CC[C@@H]2c2cnc(C)nc2C3)cc1. The van der Waals surface area contributed by atoms with Crippen molar-refractivity contribution in [2.24, 2.45) is 0 Å². The Morgan fingerprint density at radius 1 is 1.23 bits per heavy atom. The van der Waals surface area contributed by atoms with Crippen molar-refractivity contribution in [3.8, 4) is 5.75 Å². The van der Waals surface area contributed by atoms with Gasteiger partial charge in [0, 0.05) is 36.8 Å². The highest BCUT2D eigenvalue weighted by Gasteiger charge is 2.40. The first-order chi connectivity index (χ1) is 10.7. The summed E-state index contributed by atoms with van der Waals surface area (Å²) in [5.41, 5.74) is 3.95. The lowest BCUT2D eigenvalue weighted by atomic mass is 9.98. The normalized spacial score (nSPS) is 23.4. The summed E-state index contributed by atoms with van der Waals surface area (Å²) < 4.78 is 5.24. The fourth-order valence-electron chi connectivity index (χ4n) is 3.86. The molecule has 2 atom stereocenters. The van der Waals surface area contributed by atoms with Crippen LogP contribution >= 0.6 is 0 Å². The van der Waals surface area contributed by atoms with Crippen LogP contribution in [0.2, 0.25) is 0 Å². The fourth-order valence-corrected chi connectivity index (χ4v) is 3.86. The minimum absolute atomic E-state index is 0.483. The Kier molecular flexibility index (Phi) is 3.34. The second-order valence-corrected chi connectivity index (χ2v) is 6.29. The van der Waals surface area contributed by atoms with Gasteiger partial charge in [0.1, 0.15) is 11.6 Å². The standard InChI is InChI=1S/C18H21N3O/c1-12-19-10-16-17(20-12)9-14-5-8-18(16)21(14)11-13-3-6-15(22-2)7-4-13/h3-4,6-7,10,14,18H,5,8-9,11H2,1-2H3/t14-,18-/m1/s1. The van der Waals surface area contributed by atoms with Crippen LogP contribution in [-0.2, 0) is 13.0 Å². The lowest BCUT2D eigenvalue weighted by molar-refractivity contribution is 0.166. The van der Waals surface area contributed by atoms with E-state index in [1.165, 1.54) is 29.7 Å². The number of methoxy groups -OCH3 is 1. The van der Waals surface area contributed by atoms with Gasteiger partial charge in [0.15, 0.2) is 0 Å². The van der Waals surface area contributed by atoms with Crippen LogP contribution in [0.25, 0.3) is 0 Å². The first kappa shape index (κ1) is 13.7. The van der Waals surface area contributed by atoms with Crippen molar-refractivity contribution in [2.45, 2.75) is 44.8 Å². The molecule has 2 aliphatic heterocycles. The van der Waals surface area contributed by atoms with E-state index in [0.29, 0.717) is 12.1 Å². The van der Waals surface area contributed by atoms with Crippen LogP contribution in [0, 0.1) is 6.92 Å². The maximum Gasteiger partial charge on any atom is 0.125 e. The van der Waals surface area contributed by atoms with E-state index in [-0.39, 0.29) is 0 Å². The number of aryl methyl sites for hydroxylation is 1. The molecule has 0 spiro atoms. The molecule has 1 aromatic heterocycles. The molecule has 3 heterocycles. The quantitative estimate of drug-likeness (QED) is 0.872. The largest absolute Gasteiger partial charge is 0.497 e. The van der Waals surface area contributed by atoms with Gasteiger partial charge in [-0.3, -0.25) is 4.90 Å². The van der Waals surface area contributed by atoms with Crippen LogP contribution in [0.4, 0.5) is 0 Å². The van der Waals surface area contributed by atoms with Gasteiger partial charge in [-0.05, 0) is 37.5 Å². The van der Waals surface area contributed by atoms with E-state index in [1.54, 1.807) is 7.11 Å². The predicted octanol–water partition coefficient (Wildman–Crippen LogP) is 3.06. The third-order valence-corrected chi connectivity index (χ3v) is 4.98. The van der Waals surface area contributed by atoms with Crippen molar-refractivity contribution in [3.05, 3.63) is 53.1 Å². The summed E-state index contributed by atoms with van der Waals surface area (Å²) in [5, 5.41) is 0. The Labute approximate surface area is 131 Å². The lowest BCUT2D eigenvalue weighted by Crippen LogP contribution is -2.37. The van der Waals surface area contributed by atoms with Crippen LogP contribution in [-0.4, -0.2) is 28.0 Å². The van der Waals surface area contributed by atoms with Crippen molar-refractivity contribution >= 4 is 0 Å². The number of aromatic nitrogens is 2. The maximum absolute atomic E-state index is 5.24. The summed E-state index contributed by atoms with van der Waals surface area (Å²) in [6.45, 7) is 2.97. The average molecular weight is 295 g/mol. The number of hydrogen-bond acceptors (Lipinski definition) is 4. The van der Waals surface area contributed by atoms with Crippen LogP contribution in [0.1, 0.15) is 41.5 Å². The number of benzene rings is 1. The molecular weight excluding hydrogens is 274 g/mol. The lowest BCUT2D eigenvalue weighted by Gasteiger charge is -2.35. The first-order valence-corrected chi connectivity index (χ1v) is 7.95.